The summed E-state index contributed by atoms with van der Waals surface area (Å²) in [4.78, 5) is 11.8. The number of carbonyl (C=O) groups excluding carboxylic acids is 1. The Balaban J connectivity index is 1.95. The molecule has 2 fully saturated rings. The molecular weight excluding hydrogens is 232 g/mol. The molecule has 0 amide bonds. The van der Waals surface area contributed by atoms with Crippen molar-refractivity contribution in [3.63, 3.8) is 0 Å². The minimum atomic E-state index is -0.905. The van der Waals surface area contributed by atoms with Crippen LogP contribution in [-0.4, -0.2) is 24.2 Å². The van der Waals surface area contributed by atoms with E-state index in [-0.39, 0.29) is 11.9 Å². The smallest absolute Gasteiger partial charge is 0.311 e. The Morgan fingerprint density at radius 2 is 2.00 bits per heavy atom. The van der Waals surface area contributed by atoms with Gasteiger partial charge < -0.3 is 14.2 Å². The molecule has 2 atom stereocenters. The van der Waals surface area contributed by atoms with Gasteiger partial charge in [0.05, 0.1) is 5.92 Å². The van der Waals surface area contributed by atoms with Gasteiger partial charge >= 0.3 is 5.97 Å². The van der Waals surface area contributed by atoms with E-state index >= 15 is 0 Å². The fourth-order valence-corrected chi connectivity index (χ4v) is 2.58. The molecule has 0 radical (unpaired) electrons. The Morgan fingerprint density at radius 3 is 2.61 bits per heavy atom. The Hall–Kier alpha value is -0.610. The van der Waals surface area contributed by atoms with E-state index in [4.69, 9.17) is 14.2 Å². The molecule has 0 aromatic carbocycles. The van der Waals surface area contributed by atoms with Crippen LogP contribution in [0.4, 0.5) is 0 Å². The highest BCUT2D eigenvalue weighted by Gasteiger charge is 2.50. The van der Waals surface area contributed by atoms with Crippen molar-refractivity contribution in [1.82, 2.24) is 0 Å². The summed E-state index contributed by atoms with van der Waals surface area (Å²) in [5.41, 5.74) is 0. The molecule has 1 unspecified atom stereocenters. The van der Waals surface area contributed by atoms with Crippen LogP contribution >= 0.6 is 0 Å². The molecule has 4 nitrogen and oxygen atoms in total. The molecule has 0 aromatic heterocycles. The number of esters is 1. The summed E-state index contributed by atoms with van der Waals surface area (Å²) in [5.74, 6) is -1.69. The van der Waals surface area contributed by atoms with Crippen molar-refractivity contribution in [1.29, 1.82) is 0 Å². The molecule has 1 spiro atoms. The Bertz CT molecular complexity index is 309. The number of carbonyl (C=O) groups is 1. The van der Waals surface area contributed by atoms with Gasteiger partial charge in [-0.05, 0) is 19.3 Å². The average molecular weight is 256 g/mol. The van der Waals surface area contributed by atoms with Gasteiger partial charge in [0.1, 0.15) is 6.61 Å². The third-order valence-electron chi connectivity index (χ3n) is 3.95. The Kier molecular flexibility index (Phi) is 3.97. The summed E-state index contributed by atoms with van der Waals surface area (Å²) in [6.45, 7) is 5.99. The zero-order chi connectivity index (χ0) is 13.2. The van der Waals surface area contributed by atoms with Crippen molar-refractivity contribution in [2.75, 3.05) is 6.61 Å². The lowest BCUT2D eigenvalue weighted by Gasteiger charge is -2.33. The van der Waals surface area contributed by atoms with Gasteiger partial charge in [-0.2, -0.15) is 0 Å². The minimum absolute atomic E-state index is 0.0895. The summed E-state index contributed by atoms with van der Waals surface area (Å²) >= 11 is 0. The van der Waals surface area contributed by atoms with Crippen LogP contribution in [0.5, 0.6) is 0 Å². The van der Waals surface area contributed by atoms with Crippen LogP contribution in [0, 0.1) is 5.92 Å². The molecular formula is C14H24O4. The highest BCUT2D eigenvalue weighted by atomic mass is 16.8. The van der Waals surface area contributed by atoms with Crippen LogP contribution in [0.25, 0.3) is 0 Å². The molecule has 0 bridgehead atoms. The molecule has 104 valence electrons. The van der Waals surface area contributed by atoms with Crippen molar-refractivity contribution < 1.29 is 19.0 Å². The molecule has 0 aromatic rings. The first kappa shape index (κ1) is 13.8. The van der Waals surface area contributed by atoms with Crippen molar-refractivity contribution in [2.45, 2.75) is 70.9 Å². The number of rotatable bonds is 3. The zero-order valence-corrected chi connectivity index (χ0v) is 11.7. The van der Waals surface area contributed by atoms with Gasteiger partial charge in [-0.3, -0.25) is 4.79 Å². The van der Waals surface area contributed by atoms with E-state index in [9.17, 15) is 4.79 Å². The maximum atomic E-state index is 11.8. The predicted octanol–water partition coefficient (Wildman–Crippen LogP) is 3.00. The van der Waals surface area contributed by atoms with E-state index < -0.39 is 11.6 Å². The van der Waals surface area contributed by atoms with Crippen LogP contribution < -0.4 is 0 Å². The lowest BCUT2D eigenvalue weighted by molar-refractivity contribution is -0.260. The molecule has 4 heteroatoms. The van der Waals surface area contributed by atoms with Gasteiger partial charge in [0, 0.05) is 19.8 Å². The first-order valence-corrected chi connectivity index (χ1v) is 7.06. The third kappa shape index (κ3) is 2.86. The fourth-order valence-electron chi connectivity index (χ4n) is 2.58. The fraction of sp³-hybridized carbons (Fsp3) is 0.929. The predicted molar refractivity (Wildman–Crippen MR) is 66.8 cm³/mol. The molecule has 1 aliphatic heterocycles. The Morgan fingerprint density at radius 1 is 1.33 bits per heavy atom. The first-order valence-electron chi connectivity index (χ1n) is 7.06. The van der Waals surface area contributed by atoms with Crippen LogP contribution in [0.3, 0.4) is 0 Å². The van der Waals surface area contributed by atoms with Crippen molar-refractivity contribution >= 4 is 5.97 Å². The molecule has 18 heavy (non-hydrogen) atoms. The Labute approximate surface area is 109 Å². The molecule has 1 aliphatic carbocycles. The van der Waals surface area contributed by atoms with Gasteiger partial charge in [-0.15, -0.1) is 0 Å². The van der Waals surface area contributed by atoms with Crippen molar-refractivity contribution in [3.8, 4) is 0 Å². The molecule has 2 rings (SSSR count). The third-order valence-corrected chi connectivity index (χ3v) is 3.95. The van der Waals surface area contributed by atoms with Crippen LogP contribution in [-0.2, 0) is 19.0 Å². The van der Waals surface area contributed by atoms with Crippen molar-refractivity contribution in [3.05, 3.63) is 0 Å². The zero-order valence-electron chi connectivity index (χ0n) is 11.7. The standard InChI is InChI=1S/C14H24O4/c1-4-11(2)12(15)17-13(3)10-16-14(18-13)8-6-5-7-9-14/h11H,4-10H2,1-3H3/t11?,13-/m1/s1. The first-order chi connectivity index (χ1) is 8.49. The number of hydrogen-bond acceptors (Lipinski definition) is 4. The summed E-state index contributed by atoms with van der Waals surface area (Å²) < 4.78 is 17.3. The van der Waals surface area contributed by atoms with Crippen LogP contribution in [0.1, 0.15) is 59.3 Å². The normalized spacial score (nSPS) is 32.4. The maximum absolute atomic E-state index is 11.8. The monoisotopic (exact) mass is 256 g/mol. The molecule has 1 saturated heterocycles. The van der Waals surface area contributed by atoms with Gasteiger partial charge in [-0.25, -0.2) is 0 Å². The quantitative estimate of drug-likeness (QED) is 0.728. The number of ether oxygens (including phenoxy) is 3. The highest BCUT2D eigenvalue weighted by Crippen LogP contribution is 2.42. The van der Waals surface area contributed by atoms with E-state index in [2.05, 4.69) is 0 Å². The van der Waals surface area contributed by atoms with E-state index in [1.165, 1.54) is 6.42 Å². The highest BCUT2D eigenvalue weighted by molar-refractivity contribution is 5.72. The molecule has 1 saturated carbocycles. The number of hydrogen-bond donors (Lipinski definition) is 0. The SMILES string of the molecule is CCC(C)C(=O)O[C@@]1(C)COC2(CCCCC2)O1. The van der Waals surface area contributed by atoms with E-state index in [1.54, 1.807) is 6.92 Å². The summed E-state index contributed by atoms with van der Waals surface area (Å²) in [7, 11) is 0. The maximum Gasteiger partial charge on any atom is 0.311 e. The second-order valence-electron chi connectivity index (χ2n) is 5.73. The lowest BCUT2D eigenvalue weighted by atomic mass is 9.94. The lowest BCUT2D eigenvalue weighted by Crippen LogP contribution is -2.40. The van der Waals surface area contributed by atoms with Crippen molar-refractivity contribution in [2.24, 2.45) is 5.92 Å². The van der Waals surface area contributed by atoms with Gasteiger partial charge in [0.2, 0.25) is 5.79 Å². The molecule has 0 N–H and O–H groups in total. The van der Waals surface area contributed by atoms with Gasteiger partial charge in [0.15, 0.2) is 5.79 Å². The molecule has 2 aliphatic rings. The second kappa shape index (κ2) is 5.17. The summed E-state index contributed by atoms with van der Waals surface area (Å²) in [5, 5.41) is 0. The van der Waals surface area contributed by atoms with Crippen LogP contribution in [0.15, 0.2) is 0 Å². The van der Waals surface area contributed by atoms with E-state index in [0.29, 0.717) is 6.61 Å². The topological polar surface area (TPSA) is 44.8 Å². The minimum Gasteiger partial charge on any atom is -0.430 e. The summed E-state index contributed by atoms with van der Waals surface area (Å²) in [6, 6.07) is 0. The second-order valence-corrected chi connectivity index (χ2v) is 5.73. The molecule has 1 heterocycles. The van der Waals surface area contributed by atoms with E-state index in [1.807, 2.05) is 13.8 Å². The summed E-state index contributed by atoms with van der Waals surface area (Å²) in [6.07, 6.45) is 6.07. The average Bonchev–Trinajstić information content (AvgIpc) is 2.66. The van der Waals surface area contributed by atoms with Crippen LogP contribution in [0.2, 0.25) is 0 Å². The van der Waals surface area contributed by atoms with Gasteiger partial charge in [-0.1, -0.05) is 20.3 Å². The largest absolute Gasteiger partial charge is 0.430 e. The van der Waals surface area contributed by atoms with E-state index in [0.717, 1.165) is 32.1 Å². The van der Waals surface area contributed by atoms with Gasteiger partial charge in [0.25, 0.3) is 0 Å².